The first-order valence-corrected chi connectivity index (χ1v) is 19.9. The number of amides is 2. The number of alkyl halides is 1. The number of ether oxygens (including phenoxy) is 1. The van der Waals surface area contributed by atoms with Crippen molar-refractivity contribution in [2.24, 2.45) is 0 Å². The molecule has 2 heterocycles. The van der Waals surface area contributed by atoms with Gasteiger partial charge in [-0.1, -0.05) is 67.1 Å². The minimum atomic E-state index is -1.38. The van der Waals surface area contributed by atoms with Crippen LogP contribution in [0.4, 0.5) is 10.1 Å². The first-order valence-electron chi connectivity index (χ1n) is 14.9. The average molecular weight is 676 g/mol. The Kier molecular flexibility index (Phi) is 9.83. The van der Waals surface area contributed by atoms with Gasteiger partial charge in [0.1, 0.15) is 18.0 Å². The van der Waals surface area contributed by atoms with E-state index < -0.39 is 31.3 Å². The normalized spacial score (nSPS) is 21.8. The molecule has 0 radical (unpaired) electrons. The van der Waals surface area contributed by atoms with Gasteiger partial charge in [0.2, 0.25) is 11.8 Å². The van der Waals surface area contributed by atoms with Crippen molar-refractivity contribution < 1.29 is 18.7 Å². The summed E-state index contributed by atoms with van der Waals surface area (Å²) >= 11 is 19.3. The fourth-order valence-electron chi connectivity index (χ4n) is 6.77. The number of rotatable bonds is 10. The smallest absolute Gasteiger partial charge is 0.242 e. The lowest BCUT2D eigenvalue weighted by molar-refractivity contribution is -0.146. The summed E-state index contributed by atoms with van der Waals surface area (Å²) in [6.07, 6.45) is 0.553. The van der Waals surface area contributed by atoms with Crippen LogP contribution in [0.5, 0.6) is 0 Å². The largest absolute Gasteiger partial charge is 0.361 e. The number of anilines is 1. The number of fused-ring (bicyclic) bond motifs is 2. The minimum absolute atomic E-state index is 0.0156. The Morgan fingerprint density at radius 1 is 1.02 bits per heavy atom. The SMILES string of the molecule is Cc1ccc(F)cc1[C@H]1CC(=O)N(CCCCl)[C@@H](c2cccc(Cl)c2)[C@]12C(=O)N(COCC[Si](C)(C)C)c1cc(Cl)ccc12. The predicted molar refractivity (Wildman–Crippen MR) is 179 cm³/mol. The van der Waals surface area contributed by atoms with Crippen molar-refractivity contribution in [1.29, 1.82) is 0 Å². The number of benzene rings is 3. The van der Waals surface area contributed by atoms with Crippen LogP contribution in [0.15, 0.2) is 60.7 Å². The maximum absolute atomic E-state index is 15.3. The molecule has 0 N–H and O–H groups in total. The van der Waals surface area contributed by atoms with Gasteiger partial charge in [-0.3, -0.25) is 14.5 Å². The van der Waals surface area contributed by atoms with Gasteiger partial charge in [0.05, 0.1) is 11.7 Å². The van der Waals surface area contributed by atoms with E-state index in [2.05, 4.69) is 19.6 Å². The van der Waals surface area contributed by atoms with Gasteiger partial charge in [0.25, 0.3) is 0 Å². The third kappa shape index (κ3) is 6.19. The zero-order valence-corrected chi connectivity index (χ0v) is 28.8. The van der Waals surface area contributed by atoms with Crippen molar-refractivity contribution in [2.45, 2.75) is 62.8 Å². The number of hydrogen-bond acceptors (Lipinski definition) is 3. The Morgan fingerprint density at radius 3 is 2.48 bits per heavy atom. The highest BCUT2D eigenvalue weighted by atomic mass is 35.5. The van der Waals surface area contributed by atoms with E-state index in [0.717, 1.165) is 22.7 Å². The number of hydrogen-bond donors (Lipinski definition) is 0. The van der Waals surface area contributed by atoms with Crippen molar-refractivity contribution in [2.75, 3.05) is 30.7 Å². The highest BCUT2D eigenvalue weighted by Gasteiger charge is 2.65. The van der Waals surface area contributed by atoms with Crippen LogP contribution in [0, 0.1) is 12.7 Å². The van der Waals surface area contributed by atoms with E-state index in [1.54, 1.807) is 34.1 Å². The standard InChI is InChI=1S/C34H38Cl3FN2O3Si/c1-22-9-11-26(38)19-27(22)29-20-31(41)39(14-6-13-35)32(23-7-5-8-24(36)17-23)34(29)28-12-10-25(37)18-30(28)40(33(34)42)21-43-15-16-44(2,3)4/h5,7-12,17-19,29,32H,6,13-16,20-21H2,1-4H3/t29-,32+,34-/m1/s1. The van der Waals surface area contributed by atoms with Gasteiger partial charge < -0.3 is 9.64 Å². The molecule has 44 heavy (non-hydrogen) atoms. The number of carbonyl (C=O) groups is 2. The molecule has 1 spiro atoms. The Balaban J connectivity index is 1.78. The summed E-state index contributed by atoms with van der Waals surface area (Å²) in [7, 11) is -1.38. The molecule has 1 saturated heterocycles. The zero-order valence-electron chi connectivity index (χ0n) is 25.5. The predicted octanol–water partition coefficient (Wildman–Crippen LogP) is 8.72. The third-order valence-corrected chi connectivity index (χ3v) is 11.3. The number of likely N-dealkylation sites (tertiary alicyclic amines) is 1. The molecule has 10 heteroatoms. The minimum Gasteiger partial charge on any atom is -0.361 e. The first-order chi connectivity index (χ1) is 20.9. The average Bonchev–Trinajstić information content (AvgIpc) is 3.19. The lowest BCUT2D eigenvalue weighted by atomic mass is 9.58. The molecular formula is C34H38Cl3FN2O3Si. The summed E-state index contributed by atoms with van der Waals surface area (Å²) in [5.74, 6) is -1.10. The molecule has 2 aliphatic heterocycles. The lowest BCUT2D eigenvalue weighted by Crippen LogP contribution is -2.60. The highest BCUT2D eigenvalue weighted by molar-refractivity contribution is 6.76. The van der Waals surface area contributed by atoms with Crippen LogP contribution in [-0.2, 0) is 19.7 Å². The fourth-order valence-corrected chi connectivity index (χ4v) is 8.01. The Labute approximate surface area is 275 Å². The molecule has 0 bridgehead atoms. The van der Waals surface area contributed by atoms with Gasteiger partial charge in [-0.25, -0.2) is 4.39 Å². The van der Waals surface area contributed by atoms with E-state index in [0.29, 0.717) is 46.7 Å². The van der Waals surface area contributed by atoms with E-state index in [1.807, 2.05) is 31.2 Å². The first kappa shape index (κ1) is 33.0. The summed E-state index contributed by atoms with van der Waals surface area (Å²) in [5, 5.41) is 0.962. The molecule has 3 atom stereocenters. The van der Waals surface area contributed by atoms with E-state index >= 15 is 4.79 Å². The number of halogens is 4. The highest BCUT2D eigenvalue weighted by Crippen LogP contribution is 2.62. The molecule has 2 aliphatic rings. The van der Waals surface area contributed by atoms with E-state index in [1.165, 1.54) is 12.1 Å². The quantitative estimate of drug-likeness (QED) is 0.123. The van der Waals surface area contributed by atoms with Gasteiger partial charge in [0, 0.05) is 49.5 Å². The van der Waals surface area contributed by atoms with Crippen LogP contribution in [-0.4, -0.2) is 50.6 Å². The third-order valence-electron chi connectivity index (χ3n) is 8.82. The fraction of sp³-hybridized carbons (Fsp3) is 0.412. The number of piperidine rings is 1. The van der Waals surface area contributed by atoms with Crippen molar-refractivity contribution in [1.82, 2.24) is 4.90 Å². The van der Waals surface area contributed by atoms with E-state index in [-0.39, 0.29) is 25.0 Å². The molecule has 3 aromatic rings. The molecule has 3 aromatic carbocycles. The summed E-state index contributed by atoms with van der Waals surface area (Å²) in [4.78, 5) is 32.9. The second-order valence-electron chi connectivity index (χ2n) is 13.0. The second kappa shape index (κ2) is 13.1. The molecule has 2 amide bonds. The molecule has 0 aromatic heterocycles. The van der Waals surface area contributed by atoms with Crippen LogP contribution >= 0.6 is 34.8 Å². The number of carbonyl (C=O) groups excluding carboxylic acids is 2. The molecule has 5 rings (SSSR count). The van der Waals surface area contributed by atoms with Crippen LogP contribution in [0.3, 0.4) is 0 Å². The second-order valence-corrected chi connectivity index (χ2v) is 19.8. The molecule has 0 unspecified atom stereocenters. The van der Waals surface area contributed by atoms with Gasteiger partial charge in [-0.05, 0) is 78.0 Å². The van der Waals surface area contributed by atoms with Crippen molar-refractivity contribution in [3.8, 4) is 0 Å². The maximum Gasteiger partial charge on any atom is 0.242 e. The lowest BCUT2D eigenvalue weighted by Gasteiger charge is -2.52. The van der Waals surface area contributed by atoms with Crippen molar-refractivity contribution >= 4 is 60.4 Å². The van der Waals surface area contributed by atoms with Crippen molar-refractivity contribution in [3.05, 3.63) is 98.8 Å². The zero-order chi connectivity index (χ0) is 31.8. The topological polar surface area (TPSA) is 49.9 Å². The van der Waals surface area contributed by atoms with E-state index in [4.69, 9.17) is 39.5 Å². The maximum atomic E-state index is 15.3. The van der Waals surface area contributed by atoms with Gasteiger partial charge in [-0.2, -0.15) is 0 Å². The number of nitrogens with zero attached hydrogens (tertiary/aromatic N) is 2. The molecule has 0 aliphatic carbocycles. The summed E-state index contributed by atoms with van der Waals surface area (Å²) in [6, 6.07) is 17.5. The Morgan fingerprint density at radius 2 is 1.77 bits per heavy atom. The summed E-state index contributed by atoms with van der Waals surface area (Å²) < 4.78 is 21.1. The van der Waals surface area contributed by atoms with Crippen molar-refractivity contribution in [3.63, 3.8) is 0 Å². The van der Waals surface area contributed by atoms with Crippen LogP contribution < -0.4 is 4.90 Å². The number of aryl methyl sites for hydroxylation is 1. The molecular weight excluding hydrogens is 638 g/mol. The summed E-state index contributed by atoms with van der Waals surface area (Å²) in [6.45, 7) is 9.62. The Bertz CT molecular complexity index is 1560. The van der Waals surface area contributed by atoms with Crippen LogP contribution in [0.1, 0.15) is 47.1 Å². The monoisotopic (exact) mass is 674 g/mol. The van der Waals surface area contributed by atoms with Crippen LogP contribution in [0.25, 0.3) is 0 Å². The summed E-state index contributed by atoms with van der Waals surface area (Å²) in [5.41, 5.74) is 2.17. The molecule has 5 nitrogen and oxygen atoms in total. The van der Waals surface area contributed by atoms with Crippen LogP contribution in [0.2, 0.25) is 35.7 Å². The molecule has 234 valence electrons. The van der Waals surface area contributed by atoms with E-state index in [9.17, 15) is 9.18 Å². The van der Waals surface area contributed by atoms with Gasteiger partial charge in [-0.15, -0.1) is 11.6 Å². The van der Waals surface area contributed by atoms with Gasteiger partial charge >= 0.3 is 0 Å². The molecule has 0 saturated carbocycles. The molecule has 1 fully saturated rings. The van der Waals surface area contributed by atoms with Gasteiger partial charge in [0.15, 0.2) is 0 Å². The Hall–Kier alpha value is -2.42.